The van der Waals surface area contributed by atoms with Gasteiger partial charge >= 0.3 is 0 Å². The van der Waals surface area contributed by atoms with E-state index in [4.69, 9.17) is 0 Å². The number of nitrogens with one attached hydrogen (secondary N) is 2. The van der Waals surface area contributed by atoms with Gasteiger partial charge in [0.1, 0.15) is 16.4 Å². The molecule has 0 spiro atoms. The molecule has 0 saturated heterocycles. The van der Waals surface area contributed by atoms with E-state index < -0.39 is 10.9 Å². The van der Waals surface area contributed by atoms with Crippen molar-refractivity contribution >= 4 is 34.3 Å². The van der Waals surface area contributed by atoms with Crippen molar-refractivity contribution in [1.29, 1.82) is 0 Å². The van der Waals surface area contributed by atoms with Crippen LogP contribution in [0.5, 0.6) is 5.75 Å². The first-order chi connectivity index (χ1) is 12.8. The number of aromatic hydroxyl groups is 1. The molecule has 1 unspecified atom stereocenters. The number of anilines is 3. The molecular weight excluding hydrogens is 368 g/mol. The molecule has 2 aromatic carbocycles. The van der Waals surface area contributed by atoms with E-state index in [0.717, 1.165) is 5.01 Å². The third kappa shape index (κ3) is 3.41. The van der Waals surface area contributed by atoms with Crippen LogP contribution >= 0.6 is 11.3 Å². The van der Waals surface area contributed by atoms with Crippen LogP contribution < -0.4 is 21.5 Å². The Labute approximate surface area is 158 Å². The molecule has 0 radical (unpaired) electrons. The molecular formula is C18H18N4O4S. The Morgan fingerprint density at radius 1 is 1.22 bits per heavy atom. The zero-order chi connectivity index (χ0) is 19.7. The van der Waals surface area contributed by atoms with Gasteiger partial charge in [-0.2, -0.15) is 0 Å². The second-order valence-corrected chi connectivity index (χ2v) is 7.10. The van der Waals surface area contributed by atoms with Crippen LogP contribution in [0.1, 0.15) is 28.3 Å². The van der Waals surface area contributed by atoms with Crippen LogP contribution in [0, 0.1) is 0 Å². The lowest BCUT2D eigenvalue weighted by Crippen LogP contribution is -2.37. The normalized spacial score (nSPS) is 12.0. The summed E-state index contributed by atoms with van der Waals surface area (Å²) in [7, 11) is 3.14. The van der Waals surface area contributed by atoms with Gasteiger partial charge in [-0.25, -0.2) is 4.98 Å². The van der Waals surface area contributed by atoms with Crippen molar-refractivity contribution in [1.82, 2.24) is 9.88 Å². The topological polar surface area (TPSA) is 112 Å². The van der Waals surface area contributed by atoms with Crippen molar-refractivity contribution in [2.45, 2.75) is 13.0 Å². The number of benzene rings is 1. The molecule has 9 heteroatoms. The zero-order valence-electron chi connectivity index (χ0n) is 14.9. The number of phenols is 1. The third-order valence-corrected chi connectivity index (χ3v) is 4.98. The number of hydrogen-bond donors (Lipinski definition) is 3. The predicted octanol–water partition coefficient (Wildman–Crippen LogP) is 2.06. The van der Waals surface area contributed by atoms with Crippen LogP contribution in [0.2, 0.25) is 0 Å². The average Bonchev–Trinajstić information content (AvgIpc) is 3.19. The van der Waals surface area contributed by atoms with Crippen molar-refractivity contribution in [3.8, 4) is 5.75 Å². The van der Waals surface area contributed by atoms with Crippen molar-refractivity contribution in [2.75, 3.05) is 24.7 Å². The fraction of sp³-hybridized carbons (Fsp3) is 0.222. The lowest BCUT2D eigenvalue weighted by molar-refractivity contribution is 0.0824. The SMILES string of the molecule is CC(Nc1c(Nc2cccc(C(=O)N(C)C)c2O)c(=O)c1=O)c1nccs1. The van der Waals surface area contributed by atoms with Gasteiger partial charge in [0.05, 0.1) is 17.3 Å². The summed E-state index contributed by atoms with van der Waals surface area (Å²) in [4.78, 5) is 41.6. The van der Waals surface area contributed by atoms with Gasteiger partial charge in [-0.15, -0.1) is 11.3 Å². The Kier molecular flexibility index (Phi) is 4.95. The van der Waals surface area contributed by atoms with Gasteiger partial charge in [-0.3, -0.25) is 14.4 Å². The molecule has 27 heavy (non-hydrogen) atoms. The van der Waals surface area contributed by atoms with Gasteiger partial charge in [-0.05, 0) is 19.1 Å². The second-order valence-electron chi connectivity index (χ2n) is 6.17. The molecule has 1 atom stereocenters. The minimum atomic E-state index is -0.687. The van der Waals surface area contributed by atoms with E-state index in [-0.39, 0.29) is 40.3 Å². The summed E-state index contributed by atoms with van der Waals surface area (Å²) in [5, 5.41) is 18.7. The number of rotatable bonds is 6. The van der Waals surface area contributed by atoms with Crippen LogP contribution in [-0.2, 0) is 0 Å². The number of hydrogen-bond acceptors (Lipinski definition) is 8. The summed E-state index contributed by atoms with van der Waals surface area (Å²) in [6.45, 7) is 1.83. The Morgan fingerprint density at radius 3 is 2.56 bits per heavy atom. The lowest BCUT2D eigenvalue weighted by atomic mass is 10.1. The second kappa shape index (κ2) is 7.20. The molecule has 3 aromatic rings. The molecule has 0 aliphatic carbocycles. The van der Waals surface area contributed by atoms with Crippen LogP contribution in [0.3, 0.4) is 0 Å². The monoisotopic (exact) mass is 386 g/mol. The molecule has 8 nitrogen and oxygen atoms in total. The fourth-order valence-corrected chi connectivity index (χ4v) is 3.21. The predicted molar refractivity (Wildman–Crippen MR) is 105 cm³/mol. The first kappa shape index (κ1) is 18.6. The third-order valence-electron chi connectivity index (χ3n) is 4.03. The highest BCUT2D eigenvalue weighted by molar-refractivity contribution is 7.09. The quantitative estimate of drug-likeness (QED) is 0.439. The molecule has 3 rings (SSSR count). The minimum absolute atomic E-state index is 0.0492. The summed E-state index contributed by atoms with van der Waals surface area (Å²) in [5.74, 6) is -0.667. The van der Waals surface area contributed by atoms with Crippen molar-refractivity contribution in [2.24, 2.45) is 0 Å². The molecule has 140 valence electrons. The van der Waals surface area contributed by atoms with E-state index in [9.17, 15) is 19.5 Å². The lowest BCUT2D eigenvalue weighted by Gasteiger charge is -2.19. The van der Waals surface area contributed by atoms with E-state index in [0.29, 0.717) is 0 Å². The standard InChI is InChI=1S/C18H18N4O4S/c1-9(17-19-7-8-27-17)20-12-13(16(25)15(12)24)21-11-6-4-5-10(14(11)23)18(26)22(2)3/h4-9,20-21,23H,1-3H3. The molecule has 1 aromatic heterocycles. The maximum atomic E-state index is 12.1. The van der Waals surface area contributed by atoms with Crippen molar-refractivity contribution < 1.29 is 9.90 Å². The number of para-hydroxylation sites is 1. The van der Waals surface area contributed by atoms with Gasteiger partial charge < -0.3 is 20.6 Å². The van der Waals surface area contributed by atoms with Crippen LogP contribution in [-0.4, -0.2) is 35.0 Å². The number of amides is 1. The highest BCUT2D eigenvalue weighted by Gasteiger charge is 2.25. The van der Waals surface area contributed by atoms with Crippen LogP contribution in [0.25, 0.3) is 0 Å². The summed E-state index contributed by atoms with van der Waals surface area (Å²) >= 11 is 1.43. The summed E-state index contributed by atoms with van der Waals surface area (Å²) in [6.07, 6.45) is 1.66. The van der Waals surface area contributed by atoms with E-state index in [1.54, 1.807) is 26.4 Å². The van der Waals surface area contributed by atoms with Gasteiger partial charge in [0.15, 0.2) is 5.75 Å². The Hall–Kier alpha value is -3.20. The first-order valence-electron chi connectivity index (χ1n) is 8.11. The van der Waals surface area contributed by atoms with E-state index >= 15 is 0 Å². The Balaban J connectivity index is 1.89. The van der Waals surface area contributed by atoms with E-state index in [1.165, 1.54) is 28.4 Å². The number of aromatic nitrogens is 1. The molecule has 0 aliphatic heterocycles. The van der Waals surface area contributed by atoms with Gasteiger partial charge in [-0.1, -0.05) is 6.07 Å². The first-order valence-corrected chi connectivity index (χ1v) is 8.99. The van der Waals surface area contributed by atoms with Gasteiger partial charge in [0, 0.05) is 25.7 Å². The highest BCUT2D eigenvalue weighted by Crippen LogP contribution is 2.32. The summed E-state index contributed by atoms with van der Waals surface area (Å²) < 4.78 is 0. The Morgan fingerprint density at radius 2 is 1.93 bits per heavy atom. The van der Waals surface area contributed by atoms with E-state index in [2.05, 4.69) is 15.6 Å². The number of phenolic OH excluding ortho intramolecular Hbond substituents is 1. The zero-order valence-corrected chi connectivity index (χ0v) is 15.8. The van der Waals surface area contributed by atoms with Crippen LogP contribution in [0.15, 0.2) is 39.4 Å². The maximum Gasteiger partial charge on any atom is 0.257 e. The summed E-state index contributed by atoms with van der Waals surface area (Å²) in [5.41, 5.74) is -0.887. The highest BCUT2D eigenvalue weighted by atomic mass is 32.1. The smallest absolute Gasteiger partial charge is 0.257 e. The number of carbonyl (C=O) groups excluding carboxylic acids is 1. The van der Waals surface area contributed by atoms with Crippen molar-refractivity contribution in [3.63, 3.8) is 0 Å². The van der Waals surface area contributed by atoms with Crippen LogP contribution in [0.4, 0.5) is 17.1 Å². The molecule has 0 saturated carbocycles. The number of thiazole rings is 1. The Bertz CT molecular complexity index is 1050. The van der Waals surface area contributed by atoms with Gasteiger partial charge in [0.2, 0.25) is 0 Å². The molecule has 1 amide bonds. The number of nitrogens with zero attached hydrogens (tertiary/aromatic N) is 2. The molecule has 1 heterocycles. The molecule has 0 bridgehead atoms. The van der Waals surface area contributed by atoms with Crippen molar-refractivity contribution in [3.05, 3.63) is 60.8 Å². The maximum absolute atomic E-state index is 12.1. The molecule has 3 N–H and O–H groups in total. The molecule has 0 fully saturated rings. The fourth-order valence-electron chi connectivity index (χ4n) is 2.57. The average molecular weight is 386 g/mol. The molecule has 0 aliphatic rings. The van der Waals surface area contributed by atoms with Gasteiger partial charge in [0.25, 0.3) is 16.8 Å². The summed E-state index contributed by atoms with van der Waals surface area (Å²) in [6, 6.07) is 4.32. The largest absolute Gasteiger partial charge is 0.505 e. The minimum Gasteiger partial charge on any atom is -0.505 e. The number of carbonyl (C=O) groups is 1. The van der Waals surface area contributed by atoms with E-state index in [1.807, 2.05) is 12.3 Å².